The SMILES string of the molecule is CC#C[C@]1(O)CCC2C3CC[C@@]4(O)CC5(CCC4C3[C@@H](c3ccc(C(=O)c4ccc(C#N)cc4)cc3)C[C@@]21C)OCCO5. The van der Waals surface area contributed by atoms with Crippen molar-refractivity contribution < 1.29 is 24.5 Å². The summed E-state index contributed by atoms with van der Waals surface area (Å²) in [6, 6.07) is 16.8. The minimum absolute atomic E-state index is 0.0749. The molecule has 1 aliphatic heterocycles. The van der Waals surface area contributed by atoms with E-state index in [1.807, 2.05) is 19.1 Å². The monoisotopic (exact) mass is 579 g/mol. The summed E-state index contributed by atoms with van der Waals surface area (Å²) in [4.78, 5) is 13.3. The lowest BCUT2D eigenvalue weighted by molar-refractivity contribution is -0.259. The van der Waals surface area contributed by atoms with Gasteiger partial charge in [-0.25, -0.2) is 0 Å². The summed E-state index contributed by atoms with van der Waals surface area (Å²) in [6.45, 7) is 5.23. The van der Waals surface area contributed by atoms with Gasteiger partial charge in [-0.2, -0.15) is 5.26 Å². The van der Waals surface area contributed by atoms with Gasteiger partial charge in [-0.15, -0.1) is 5.92 Å². The first-order valence-electron chi connectivity index (χ1n) is 16.0. The Hall–Kier alpha value is -3.00. The van der Waals surface area contributed by atoms with E-state index >= 15 is 0 Å². The fraction of sp³-hybridized carbons (Fsp3) is 0.568. The number of hydrogen-bond acceptors (Lipinski definition) is 6. The highest BCUT2D eigenvalue weighted by atomic mass is 16.7. The number of hydrogen-bond donors (Lipinski definition) is 2. The molecule has 43 heavy (non-hydrogen) atoms. The second-order valence-electron chi connectivity index (χ2n) is 14.1. The van der Waals surface area contributed by atoms with Gasteiger partial charge in [0.25, 0.3) is 0 Å². The molecule has 2 aromatic carbocycles. The number of carbonyl (C=O) groups excluding carboxylic acids is 1. The molecule has 1 spiro atoms. The smallest absolute Gasteiger partial charge is 0.193 e. The Labute approximate surface area is 254 Å². The minimum atomic E-state index is -1.03. The lowest BCUT2D eigenvalue weighted by Gasteiger charge is -2.62. The molecule has 6 nitrogen and oxygen atoms in total. The van der Waals surface area contributed by atoms with Crippen LogP contribution in [0, 0.1) is 52.3 Å². The Bertz CT molecular complexity index is 1510. The molecular weight excluding hydrogens is 538 g/mol. The van der Waals surface area contributed by atoms with Gasteiger partial charge in [0.05, 0.1) is 30.4 Å². The number of carbonyl (C=O) groups is 1. The largest absolute Gasteiger partial charge is 0.389 e. The van der Waals surface area contributed by atoms with Gasteiger partial charge in [0, 0.05) is 29.4 Å². The quantitative estimate of drug-likeness (QED) is 0.355. The van der Waals surface area contributed by atoms with Crippen molar-refractivity contribution in [3.05, 3.63) is 70.8 Å². The summed E-state index contributed by atoms with van der Waals surface area (Å²) in [5.41, 5.74) is 0.603. The molecule has 4 saturated carbocycles. The van der Waals surface area contributed by atoms with Crippen molar-refractivity contribution >= 4 is 5.78 Å². The molecule has 8 atom stereocenters. The lowest BCUT2D eigenvalue weighted by Crippen LogP contribution is -2.62. The molecule has 4 unspecified atom stereocenters. The molecule has 0 aromatic heterocycles. The second-order valence-corrected chi connectivity index (χ2v) is 14.1. The maximum atomic E-state index is 13.3. The summed E-state index contributed by atoms with van der Waals surface area (Å²) < 4.78 is 12.2. The topological polar surface area (TPSA) is 99.8 Å². The number of nitrogens with zero attached hydrogens (tertiary/aromatic N) is 1. The van der Waals surface area contributed by atoms with E-state index in [2.05, 4.69) is 37.0 Å². The van der Waals surface area contributed by atoms with Crippen LogP contribution in [0.25, 0.3) is 0 Å². The Kier molecular flexibility index (Phi) is 6.88. The zero-order valence-electron chi connectivity index (χ0n) is 25.1. The van der Waals surface area contributed by atoms with E-state index < -0.39 is 17.0 Å². The van der Waals surface area contributed by atoms with Crippen LogP contribution in [-0.4, -0.2) is 46.2 Å². The van der Waals surface area contributed by atoms with Crippen LogP contribution in [-0.2, 0) is 9.47 Å². The zero-order valence-corrected chi connectivity index (χ0v) is 25.1. The predicted molar refractivity (Wildman–Crippen MR) is 161 cm³/mol. The molecule has 2 aromatic rings. The van der Waals surface area contributed by atoms with Gasteiger partial charge in [-0.1, -0.05) is 37.1 Å². The number of benzene rings is 2. The molecule has 0 radical (unpaired) electrons. The van der Waals surface area contributed by atoms with Crippen molar-refractivity contribution in [3.63, 3.8) is 0 Å². The molecule has 1 heterocycles. The van der Waals surface area contributed by atoms with Crippen LogP contribution in [0.2, 0.25) is 0 Å². The van der Waals surface area contributed by atoms with E-state index in [9.17, 15) is 15.0 Å². The number of nitriles is 1. The average Bonchev–Trinajstić information content (AvgIpc) is 3.57. The molecule has 1 saturated heterocycles. The summed E-state index contributed by atoms with van der Waals surface area (Å²) in [5, 5.41) is 33.4. The van der Waals surface area contributed by atoms with Crippen molar-refractivity contribution in [1.82, 2.24) is 0 Å². The fourth-order valence-electron chi connectivity index (χ4n) is 10.2. The molecule has 0 bridgehead atoms. The molecule has 2 N–H and O–H groups in total. The minimum Gasteiger partial charge on any atom is -0.389 e. The number of fused-ring (bicyclic) bond motifs is 5. The summed E-state index contributed by atoms with van der Waals surface area (Å²) in [6.07, 6.45) is 6.23. The van der Waals surface area contributed by atoms with Crippen LogP contribution < -0.4 is 0 Å². The van der Waals surface area contributed by atoms with E-state index in [4.69, 9.17) is 14.7 Å². The van der Waals surface area contributed by atoms with E-state index in [-0.39, 0.29) is 29.0 Å². The molecular formula is C37H41NO5. The standard InChI is InChI=1S/C37H41NO5/c1-3-15-36(41)17-13-30-28-12-16-35(40)23-37(42-19-20-43-37)18-14-31(35)32(28)29(21-34(30,36)2)25-8-10-27(11-9-25)33(39)26-6-4-24(22-38)5-7-26/h4-11,28-32,40-41H,12-14,16-21,23H2,1-2H3/t28?,29-,30?,31?,32?,34+,35-,36+/m1/s1. The maximum Gasteiger partial charge on any atom is 0.193 e. The maximum absolute atomic E-state index is 13.3. The van der Waals surface area contributed by atoms with Crippen molar-refractivity contribution in [2.24, 2.45) is 29.1 Å². The molecule has 4 aliphatic carbocycles. The van der Waals surface area contributed by atoms with E-state index in [1.54, 1.807) is 24.3 Å². The van der Waals surface area contributed by atoms with Crippen LogP contribution >= 0.6 is 0 Å². The van der Waals surface area contributed by atoms with Crippen LogP contribution in [0.3, 0.4) is 0 Å². The number of ketones is 1. The molecule has 6 heteroatoms. The predicted octanol–water partition coefficient (Wildman–Crippen LogP) is 5.75. The lowest BCUT2D eigenvalue weighted by atomic mass is 9.44. The second kappa shape index (κ2) is 10.3. The van der Waals surface area contributed by atoms with Gasteiger partial charge in [0.15, 0.2) is 11.6 Å². The number of rotatable bonds is 3. The first-order valence-corrected chi connectivity index (χ1v) is 16.0. The Morgan fingerprint density at radius 1 is 0.907 bits per heavy atom. The number of aliphatic hydroxyl groups is 2. The highest BCUT2D eigenvalue weighted by molar-refractivity contribution is 6.09. The van der Waals surface area contributed by atoms with Gasteiger partial charge in [-0.3, -0.25) is 4.79 Å². The first-order chi connectivity index (χ1) is 20.6. The highest BCUT2D eigenvalue weighted by Gasteiger charge is 2.67. The fourth-order valence-corrected chi connectivity index (χ4v) is 10.2. The van der Waals surface area contributed by atoms with Crippen molar-refractivity contribution in [2.45, 2.75) is 88.1 Å². The van der Waals surface area contributed by atoms with Crippen LogP contribution in [0.1, 0.15) is 98.2 Å². The summed E-state index contributed by atoms with van der Waals surface area (Å²) >= 11 is 0. The van der Waals surface area contributed by atoms with Crippen LogP contribution in [0.15, 0.2) is 48.5 Å². The third-order valence-corrected chi connectivity index (χ3v) is 12.2. The van der Waals surface area contributed by atoms with Crippen molar-refractivity contribution in [2.75, 3.05) is 13.2 Å². The van der Waals surface area contributed by atoms with Crippen LogP contribution in [0.4, 0.5) is 0 Å². The molecule has 7 rings (SSSR count). The van der Waals surface area contributed by atoms with Crippen LogP contribution in [0.5, 0.6) is 0 Å². The van der Waals surface area contributed by atoms with Gasteiger partial charge in [0.1, 0.15) is 5.60 Å². The van der Waals surface area contributed by atoms with Gasteiger partial charge in [-0.05, 0) is 105 Å². The highest BCUT2D eigenvalue weighted by Crippen LogP contribution is 2.69. The number of ether oxygens (including phenoxy) is 2. The Balaban J connectivity index is 1.25. The van der Waals surface area contributed by atoms with Gasteiger partial charge >= 0.3 is 0 Å². The molecule has 224 valence electrons. The van der Waals surface area contributed by atoms with E-state index in [0.717, 1.165) is 44.1 Å². The third kappa shape index (κ3) is 4.41. The van der Waals surface area contributed by atoms with E-state index in [1.165, 1.54) is 0 Å². The third-order valence-electron chi connectivity index (χ3n) is 12.2. The summed E-state index contributed by atoms with van der Waals surface area (Å²) in [7, 11) is 0. The Morgan fingerprint density at radius 2 is 1.56 bits per heavy atom. The van der Waals surface area contributed by atoms with Gasteiger partial charge in [0.2, 0.25) is 0 Å². The molecule has 5 aliphatic rings. The average molecular weight is 580 g/mol. The molecule has 0 amide bonds. The van der Waals surface area contributed by atoms with E-state index in [0.29, 0.717) is 54.6 Å². The van der Waals surface area contributed by atoms with Crippen molar-refractivity contribution in [3.8, 4) is 17.9 Å². The van der Waals surface area contributed by atoms with Gasteiger partial charge < -0.3 is 19.7 Å². The summed E-state index contributed by atoms with van der Waals surface area (Å²) in [5.74, 6) is 6.74. The Morgan fingerprint density at radius 3 is 2.21 bits per heavy atom. The first kappa shape index (κ1) is 28.8. The van der Waals surface area contributed by atoms with Crippen molar-refractivity contribution in [1.29, 1.82) is 5.26 Å². The normalized spacial score (nSPS) is 39.1. The zero-order chi connectivity index (χ0) is 30.0. The molecule has 5 fully saturated rings.